The van der Waals surface area contributed by atoms with Crippen molar-refractivity contribution >= 4 is 28.8 Å². The van der Waals surface area contributed by atoms with Gasteiger partial charge in [0.05, 0.1) is 5.69 Å². The van der Waals surface area contributed by atoms with Crippen LogP contribution >= 0.6 is 0 Å². The molecule has 3 aromatic carbocycles. The molecule has 0 aliphatic heterocycles. The Kier molecular flexibility index (Phi) is 4.72. The van der Waals surface area contributed by atoms with Crippen LogP contribution in [0.3, 0.4) is 0 Å². The highest BCUT2D eigenvalue weighted by molar-refractivity contribution is 5.99. The Hall–Kier alpha value is -3.34. The van der Waals surface area contributed by atoms with Crippen LogP contribution in [0.15, 0.2) is 78.9 Å². The molecule has 0 atom stereocenters. The number of rotatable bonds is 4. The van der Waals surface area contributed by atoms with Crippen LogP contribution in [0.2, 0.25) is 0 Å². The number of para-hydroxylation sites is 2. The molecule has 3 N–H and O–H groups in total. The lowest BCUT2D eigenvalue weighted by molar-refractivity contribution is 0.262. The predicted octanol–water partition coefficient (Wildman–Crippen LogP) is 5.21. The molecular weight excluding hydrogens is 305 g/mol. The monoisotopic (exact) mass is 321 g/mol. The van der Waals surface area contributed by atoms with Crippen molar-refractivity contribution in [3.63, 3.8) is 0 Å². The number of anilines is 4. The molecule has 0 saturated carbocycles. The third-order valence-electron chi connectivity index (χ3n) is 3.33. The highest BCUT2D eigenvalue weighted by Crippen LogP contribution is 2.19. The molecule has 3 aromatic rings. The Labute approximate surface area is 139 Å². The van der Waals surface area contributed by atoms with E-state index in [0.717, 1.165) is 11.4 Å². The van der Waals surface area contributed by atoms with Crippen LogP contribution in [0, 0.1) is 5.82 Å². The van der Waals surface area contributed by atoms with Gasteiger partial charge in [0, 0.05) is 17.1 Å². The zero-order valence-corrected chi connectivity index (χ0v) is 12.8. The number of carbonyl (C=O) groups excluding carboxylic acids is 1. The lowest BCUT2D eigenvalue weighted by Gasteiger charge is -2.10. The summed E-state index contributed by atoms with van der Waals surface area (Å²) >= 11 is 0. The number of carbonyl (C=O) groups is 1. The fourth-order valence-electron chi connectivity index (χ4n) is 2.17. The van der Waals surface area contributed by atoms with Crippen molar-refractivity contribution < 1.29 is 9.18 Å². The van der Waals surface area contributed by atoms with Gasteiger partial charge in [-0.3, -0.25) is 0 Å². The number of benzene rings is 3. The Balaban J connectivity index is 1.60. The van der Waals surface area contributed by atoms with E-state index in [1.807, 2.05) is 42.5 Å². The van der Waals surface area contributed by atoms with Crippen LogP contribution in [0.5, 0.6) is 0 Å². The summed E-state index contributed by atoms with van der Waals surface area (Å²) < 4.78 is 13.5. The number of halogens is 1. The maximum atomic E-state index is 13.5. The van der Waals surface area contributed by atoms with Gasteiger partial charge in [0.15, 0.2) is 0 Å². The van der Waals surface area contributed by atoms with E-state index in [4.69, 9.17) is 0 Å². The number of hydrogen-bond acceptors (Lipinski definition) is 2. The van der Waals surface area contributed by atoms with E-state index in [1.54, 1.807) is 24.3 Å². The molecular formula is C19H16FN3O. The van der Waals surface area contributed by atoms with Crippen LogP contribution in [0.25, 0.3) is 0 Å². The summed E-state index contributed by atoms with van der Waals surface area (Å²) in [5.41, 5.74) is 2.64. The molecule has 5 heteroatoms. The summed E-state index contributed by atoms with van der Waals surface area (Å²) in [6, 6.07) is 22.5. The fraction of sp³-hybridized carbons (Fsp3) is 0. The normalized spacial score (nSPS) is 10.0. The van der Waals surface area contributed by atoms with Gasteiger partial charge in [0.1, 0.15) is 5.82 Å². The highest BCUT2D eigenvalue weighted by atomic mass is 19.1. The molecule has 24 heavy (non-hydrogen) atoms. The van der Waals surface area contributed by atoms with Crippen molar-refractivity contribution in [1.29, 1.82) is 0 Å². The molecule has 0 radical (unpaired) electrons. The molecule has 0 bridgehead atoms. The van der Waals surface area contributed by atoms with Crippen molar-refractivity contribution in [3.8, 4) is 0 Å². The van der Waals surface area contributed by atoms with Crippen LogP contribution in [0.1, 0.15) is 0 Å². The van der Waals surface area contributed by atoms with Crippen molar-refractivity contribution in [2.75, 3.05) is 16.0 Å². The molecule has 0 saturated heterocycles. The van der Waals surface area contributed by atoms with Gasteiger partial charge in [-0.25, -0.2) is 9.18 Å². The zero-order chi connectivity index (χ0) is 16.8. The van der Waals surface area contributed by atoms with E-state index in [-0.39, 0.29) is 5.69 Å². The largest absolute Gasteiger partial charge is 0.356 e. The maximum absolute atomic E-state index is 13.5. The number of hydrogen-bond donors (Lipinski definition) is 3. The highest BCUT2D eigenvalue weighted by Gasteiger charge is 2.06. The molecule has 0 aliphatic carbocycles. The average Bonchev–Trinajstić information content (AvgIpc) is 2.60. The lowest BCUT2D eigenvalue weighted by Crippen LogP contribution is -2.20. The Morgan fingerprint density at radius 3 is 1.96 bits per heavy atom. The van der Waals surface area contributed by atoms with Crippen molar-refractivity contribution in [2.24, 2.45) is 0 Å². The maximum Gasteiger partial charge on any atom is 0.323 e. The smallest absolute Gasteiger partial charge is 0.323 e. The number of urea groups is 1. The average molecular weight is 321 g/mol. The second-order valence-corrected chi connectivity index (χ2v) is 5.13. The van der Waals surface area contributed by atoms with Crippen LogP contribution < -0.4 is 16.0 Å². The molecule has 0 unspecified atom stereocenters. The Morgan fingerprint density at radius 1 is 0.667 bits per heavy atom. The summed E-state index contributed by atoms with van der Waals surface area (Å²) in [5, 5.41) is 8.39. The summed E-state index contributed by atoms with van der Waals surface area (Å²) in [5.74, 6) is -0.477. The van der Waals surface area contributed by atoms with Crippen LogP contribution in [-0.4, -0.2) is 6.03 Å². The van der Waals surface area contributed by atoms with Crippen molar-refractivity contribution in [3.05, 3.63) is 84.7 Å². The van der Waals surface area contributed by atoms with Crippen LogP contribution in [-0.2, 0) is 0 Å². The van der Waals surface area contributed by atoms with Gasteiger partial charge in [-0.05, 0) is 48.5 Å². The molecule has 2 amide bonds. The predicted molar refractivity (Wildman–Crippen MR) is 95.2 cm³/mol. The van der Waals surface area contributed by atoms with E-state index in [0.29, 0.717) is 5.69 Å². The van der Waals surface area contributed by atoms with E-state index in [9.17, 15) is 9.18 Å². The van der Waals surface area contributed by atoms with Gasteiger partial charge < -0.3 is 16.0 Å². The minimum atomic E-state index is -0.496. The van der Waals surface area contributed by atoms with Gasteiger partial charge in [-0.2, -0.15) is 0 Å². The quantitative estimate of drug-likeness (QED) is 0.617. The molecule has 0 heterocycles. The standard InChI is InChI=1S/C19H16FN3O/c20-17-8-4-5-9-18(17)23-19(24)22-16-12-10-15(11-13-16)21-14-6-2-1-3-7-14/h1-13,21H,(H2,22,23,24). The molecule has 0 fully saturated rings. The first-order valence-corrected chi connectivity index (χ1v) is 7.45. The summed E-state index contributed by atoms with van der Waals surface area (Å²) in [6.45, 7) is 0. The minimum absolute atomic E-state index is 0.136. The van der Waals surface area contributed by atoms with Gasteiger partial charge in [-0.15, -0.1) is 0 Å². The molecule has 120 valence electrons. The first-order valence-electron chi connectivity index (χ1n) is 7.45. The summed E-state index contributed by atoms with van der Waals surface area (Å²) in [7, 11) is 0. The molecule has 3 rings (SSSR count). The van der Waals surface area contributed by atoms with E-state index in [2.05, 4.69) is 16.0 Å². The first kappa shape index (κ1) is 15.6. The SMILES string of the molecule is O=C(Nc1ccc(Nc2ccccc2)cc1)Nc1ccccc1F. The third-order valence-corrected chi connectivity index (χ3v) is 3.33. The Morgan fingerprint density at radius 2 is 1.25 bits per heavy atom. The van der Waals surface area contributed by atoms with Crippen molar-refractivity contribution in [1.82, 2.24) is 0 Å². The van der Waals surface area contributed by atoms with E-state index < -0.39 is 11.8 Å². The Bertz CT molecular complexity index is 820. The minimum Gasteiger partial charge on any atom is -0.356 e. The van der Waals surface area contributed by atoms with Gasteiger partial charge in [0.2, 0.25) is 0 Å². The summed E-state index contributed by atoms with van der Waals surface area (Å²) in [4.78, 5) is 11.9. The second-order valence-electron chi connectivity index (χ2n) is 5.13. The molecule has 0 aromatic heterocycles. The third kappa shape index (κ3) is 4.10. The van der Waals surface area contributed by atoms with E-state index >= 15 is 0 Å². The molecule has 0 aliphatic rings. The van der Waals surface area contributed by atoms with E-state index in [1.165, 1.54) is 12.1 Å². The molecule has 4 nitrogen and oxygen atoms in total. The zero-order valence-electron chi connectivity index (χ0n) is 12.8. The topological polar surface area (TPSA) is 53.2 Å². The summed E-state index contributed by atoms with van der Waals surface area (Å²) in [6.07, 6.45) is 0. The van der Waals surface area contributed by atoms with Crippen LogP contribution in [0.4, 0.5) is 31.9 Å². The number of amides is 2. The number of nitrogens with one attached hydrogen (secondary N) is 3. The molecule has 0 spiro atoms. The van der Waals surface area contributed by atoms with Gasteiger partial charge >= 0.3 is 6.03 Å². The second kappa shape index (κ2) is 7.28. The van der Waals surface area contributed by atoms with Gasteiger partial charge in [-0.1, -0.05) is 30.3 Å². The van der Waals surface area contributed by atoms with Gasteiger partial charge in [0.25, 0.3) is 0 Å². The first-order chi connectivity index (χ1) is 11.7. The van der Waals surface area contributed by atoms with Crippen molar-refractivity contribution in [2.45, 2.75) is 0 Å². The lowest BCUT2D eigenvalue weighted by atomic mass is 10.2. The fourth-order valence-corrected chi connectivity index (χ4v) is 2.17.